The number of hydrogen-bond donors (Lipinski definition) is 1. The summed E-state index contributed by atoms with van der Waals surface area (Å²) in [6, 6.07) is 3.48. The van der Waals surface area contributed by atoms with E-state index in [9.17, 15) is 23.1 Å². The van der Waals surface area contributed by atoms with Gasteiger partial charge in [-0.3, -0.25) is 4.79 Å². The van der Waals surface area contributed by atoms with E-state index in [1.165, 1.54) is 13.0 Å². The number of rotatable bonds is 4. The van der Waals surface area contributed by atoms with Crippen molar-refractivity contribution in [2.75, 3.05) is 6.61 Å². The number of phenolic OH excluding ortho intramolecular Hbond substituents is 1. The summed E-state index contributed by atoms with van der Waals surface area (Å²) >= 11 is 0. The quantitative estimate of drug-likeness (QED) is 0.860. The van der Waals surface area contributed by atoms with Crippen LogP contribution in [0, 0.1) is 11.3 Å². The van der Waals surface area contributed by atoms with Gasteiger partial charge in [-0.2, -0.15) is 5.26 Å². The third-order valence-electron chi connectivity index (χ3n) is 2.20. The number of benzene rings is 1. The number of carbonyl (C=O) groups excluding carboxylic acids is 1. The van der Waals surface area contributed by atoms with Gasteiger partial charge in [0.05, 0.1) is 18.6 Å². The van der Waals surface area contributed by atoms with E-state index in [-0.39, 0.29) is 6.61 Å². The van der Waals surface area contributed by atoms with Gasteiger partial charge in [-0.1, -0.05) is 0 Å². The average molecular weight is 289 g/mol. The number of nitriles is 1. The zero-order valence-electron chi connectivity index (χ0n) is 10.3. The standard InChI is InChI=1S/C12H10F3NO4/c1-2-19-10(18)5-8-9(17)4-3-7(6-16)11(8)20-12(13,14)15/h3-4,17H,2,5H2,1H3. The van der Waals surface area contributed by atoms with Crippen molar-refractivity contribution in [1.29, 1.82) is 5.26 Å². The Morgan fingerprint density at radius 1 is 1.45 bits per heavy atom. The van der Waals surface area contributed by atoms with Crippen LogP contribution in [0.4, 0.5) is 13.2 Å². The minimum absolute atomic E-state index is 0.0347. The largest absolute Gasteiger partial charge is 0.573 e. The van der Waals surface area contributed by atoms with Gasteiger partial charge in [0.2, 0.25) is 0 Å². The van der Waals surface area contributed by atoms with Gasteiger partial charge in [0.25, 0.3) is 0 Å². The van der Waals surface area contributed by atoms with Crippen LogP contribution in [-0.2, 0) is 16.0 Å². The number of esters is 1. The second-order valence-electron chi connectivity index (χ2n) is 3.58. The summed E-state index contributed by atoms with van der Waals surface area (Å²) in [6.45, 7) is 1.56. The van der Waals surface area contributed by atoms with Crippen molar-refractivity contribution in [3.8, 4) is 17.6 Å². The molecule has 20 heavy (non-hydrogen) atoms. The Bertz CT molecular complexity index is 549. The summed E-state index contributed by atoms with van der Waals surface area (Å²) in [5.41, 5.74) is -0.890. The Kier molecular flexibility index (Phi) is 4.80. The summed E-state index contributed by atoms with van der Waals surface area (Å²) in [6.07, 6.45) is -5.69. The molecule has 0 aliphatic heterocycles. The summed E-state index contributed by atoms with van der Waals surface area (Å²) in [5, 5.41) is 18.3. The molecule has 1 N–H and O–H groups in total. The van der Waals surface area contributed by atoms with Crippen LogP contribution in [0.5, 0.6) is 11.5 Å². The monoisotopic (exact) mass is 289 g/mol. The number of nitrogens with zero attached hydrogens (tertiary/aromatic N) is 1. The maximum Gasteiger partial charge on any atom is 0.573 e. The third-order valence-corrected chi connectivity index (χ3v) is 2.20. The molecule has 0 atom stereocenters. The molecule has 0 fully saturated rings. The first kappa shape index (κ1) is 15.6. The number of ether oxygens (including phenoxy) is 2. The van der Waals surface area contributed by atoms with E-state index in [2.05, 4.69) is 9.47 Å². The minimum atomic E-state index is -5.05. The van der Waals surface area contributed by atoms with E-state index in [0.29, 0.717) is 0 Å². The molecule has 0 unspecified atom stereocenters. The van der Waals surface area contributed by atoms with Crippen LogP contribution in [0.3, 0.4) is 0 Å². The molecule has 0 heterocycles. The molecule has 1 rings (SSSR count). The normalized spacial score (nSPS) is 10.8. The first-order valence-corrected chi connectivity index (χ1v) is 5.44. The molecule has 0 aromatic heterocycles. The molecule has 108 valence electrons. The summed E-state index contributed by atoms with van der Waals surface area (Å²) in [5.74, 6) is -2.32. The maximum atomic E-state index is 12.3. The maximum absolute atomic E-state index is 12.3. The van der Waals surface area contributed by atoms with Gasteiger partial charge < -0.3 is 14.6 Å². The Morgan fingerprint density at radius 3 is 2.60 bits per heavy atom. The fourth-order valence-corrected chi connectivity index (χ4v) is 1.46. The van der Waals surface area contributed by atoms with Gasteiger partial charge in [-0.25, -0.2) is 0 Å². The smallest absolute Gasteiger partial charge is 0.508 e. The van der Waals surface area contributed by atoms with Gasteiger partial charge in [-0.15, -0.1) is 13.2 Å². The number of halogens is 3. The van der Waals surface area contributed by atoms with Crippen molar-refractivity contribution in [3.05, 3.63) is 23.3 Å². The lowest BCUT2D eigenvalue weighted by atomic mass is 10.1. The molecule has 0 amide bonds. The zero-order valence-corrected chi connectivity index (χ0v) is 10.3. The molecule has 8 heteroatoms. The topological polar surface area (TPSA) is 79.5 Å². The Labute approximate surface area is 112 Å². The first-order valence-electron chi connectivity index (χ1n) is 5.44. The lowest BCUT2D eigenvalue weighted by molar-refractivity contribution is -0.275. The van der Waals surface area contributed by atoms with Crippen molar-refractivity contribution in [2.24, 2.45) is 0 Å². The molecule has 0 saturated heterocycles. The van der Waals surface area contributed by atoms with E-state index in [0.717, 1.165) is 12.1 Å². The van der Waals surface area contributed by atoms with Crippen molar-refractivity contribution >= 4 is 5.97 Å². The molecule has 1 aromatic carbocycles. The highest BCUT2D eigenvalue weighted by Gasteiger charge is 2.34. The fourth-order valence-electron chi connectivity index (χ4n) is 1.46. The predicted octanol–water partition coefficient (Wildman–Crippen LogP) is 2.27. The van der Waals surface area contributed by atoms with Crippen LogP contribution in [0.25, 0.3) is 0 Å². The lowest BCUT2D eigenvalue weighted by Gasteiger charge is -2.15. The second kappa shape index (κ2) is 6.14. The predicted molar refractivity (Wildman–Crippen MR) is 59.8 cm³/mol. The molecule has 0 bridgehead atoms. The lowest BCUT2D eigenvalue weighted by Crippen LogP contribution is -2.20. The fraction of sp³-hybridized carbons (Fsp3) is 0.333. The molecule has 0 saturated carbocycles. The Balaban J connectivity index is 3.26. The van der Waals surface area contributed by atoms with E-state index in [1.807, 2.05) is 0 Å². The first-order chi connectivity index (χ1) is 9.28. The van der Waals surface area contributed by atoms with Crippen LogP contribution in [0.1, 0.15) is 18.1 Å². The molecular weight excluding hydrogens is 279 g/mol. The third kappa shape index (κ3) is 4.05. The van der Waals surface area contributed by atoms with E-state index in [1.54, 1.807) is 0 Å². The van der Waals surface area contributed by atoms with Gasteiger partial charge in [0, 0.05) is 5.56 Å². The number of carbonyl (C=O) groups is 1. The van der Waals surface area contributed by atoms with Crippen molar-refractivity contribution < 1.29 is 32.5 Å². The van der Waals surface area contributed by atoms with Gasteiger partial charge in [0.15, 0.2) is 5.75 Å². The van der Waals surface area contributed by atoms with Crippen molar-refractivity contribution in [1.82, 2.24) is 0 Å². The highest BCUT2D eigenvalue weighted by Crippen LogP contribution is 2.35. The highest BCUT2D eigenvalue weighted by atomic mass is 19.4. The van der Waals surface area contributed by atoms with Crippen LogP contribution in [0.15, 0.2) is 12.1 Å². The highest BCUT2D eigenvalue weighted by molar-refractivity contribution is 5.75. The minimum Gasteiger partial charge on any atom is -0.508 e. The summed E-state index contributed by atoms with van der Waals surface area (Å²) in [7, 11) is 0. The van der Waals surface area contributed by atoms with Crippen LogP contribution < -0.4 is 4.74 Å². The zero-order chi connectivity index (χ0) is 15.3. The van der Waals surface area contributed by atoms with Gasteiger partial charge in [0.1, 0.15) is 11.8 Å². The Morgan fingerprint density at radius 2 is 2.10 bits per heavy atom. The number of alkyl halides is 3. The van der Waals surface area contributed by atoms with E-state index >= 15 is 0 Å². The number of aromatic hydroxyl groups is 1. The van der Waals surface area contributed by atoms with E-state index < -0.39 is 41.4 Å². The molecule has 0 spiro atoms. The van der Waals surface area contributed by atoms with Crippen LogP contribution >= 0.6 is 0 Å². The summed E-state index contributed by atoms with van der Waals surface area (Å²) in [4.78, 5) is 11.3. The second-order valence-corrected chi connectivity index (χ2v) is 3.58. The van der Waals surface area contributed by atoms with Gasteiger partial charge >= 0.3 is 12.3 Å². The molecule has 1 aromatic rings. The Hall–Kier alpha value is -2.43. The van der Waals surface area contributed by atoms with Crippen molar-refractivity contribution in [3.63, 3.8) is 0 Å². The van der Waals surface area contributed by atoms with Crippen LogP contribution in [-0.4, -0.2) is 24.0 Å². The number of hydrogen-bond acceptors (Lipinski definition) is 5. The molecule has 5 nitrogen and oxygen atoms in total. The molecular formula is C12H10F3NO4. The van der Waals surface area contributed by atoms with Crippen LogP contribution in [0.2, 0.25) is 0 Å². The SMILES string of the molecule is CCOC(=O)Cc1c(O)ccc(C#N)c1OC(F)(F)F. The molecule has 0 aliphatic carbocycles. The number of phenols is 1. The summed E-state index contributed by atoms with van der Waals surface area (Å²) < 4.78 is 45.3. The average Bonchev–Trinajstić information content (AvgIpc) is 2.32. The van der Waals surface area contributed by atoms with Gasteiger partial charge in [-0.05, 0) is 19.1 Å². The molecule has 0 aliphatic rings. The molecule has 0 radical (unpaired) electrons. The van der Waals surface area contributed by atoms with E-state index in [4.69, 9.17) is 5.26 Å². The van der Waals surface area contributed by atoms with Crippen molar-refractivity contribution in [2.45, 2.75) is 19.7 Å².